The van der Waals surface area contributed by atoms with Crippen LogP contribution in [0.15, 0.2) is 53.4 Å². The average molecular weight is 473 g/mol. The smallest absolute Gasteiger partial charge is 0.243 e. The second kappa shape index (κ2) is 10.9. The van der Waals surface area contributed by atoms with E-state index in [2.05, 4.69) is 46.7 Å². The molecule has 0 radical (unpaired) electrons. The lowest BCUT2D eigenvalue weighted by Gasteiger charge is -2.32. The van der Waals surface area contributed by atoms with Crippen LogP contribution in [-0.4, -0.2) is 62.2 Å². The van der Waals surface area contributed by atoms with Crippen LogP contribution in [0.2, 0.25) is 0 Å². The van der Waals surface area contributed by atoms with Crippen molar-refractivity contribution in [1.82, 2.24) is 14.5 Å². The van der Waals surface area contributed by atoms with E-state index >= 15 is 0 Å². The first kappa shape index (κ1) is 24.9. The first-order valence-corrected chi connectivity index (χ1v) is 12.5. The highest BCUT2D eigenvalue weighted by Gasteiger charge is 2.25. The van der Waals surface area contributed by atoms with Gasteiger partial charge in [-0.1, -0.05) is 29.8 Å². The summed E-state index contributed by atoms with van der Waals surface area (Å²) in [4.78, 5) is 26.1. The number of carbonyl (C=O) groups excluding carboxylic acids is 2. The summed E-state index contributed by atoms with van der Waals surface area (Å²) in [7, 11) is -2.43. The Morgan fingerprint density at radius 1 is 1.09 bits per heavy atom. The molecule has 0 aromatic heterocycles. The van der Waals surface area contributed by atoms with Crippen LogP contribution >= 0.6 is 0 Å². The van der Waals surface area contributed by atoms with E-state index in [0.29, 0.717) is 5.69 Å². The molecule has 0 unspecified atom stereocenters. The molecule has 0 spiro atoms. The lowest BCUT2D eigenvalue weighted by atomic mass is 10.0. The van der Waals surface area contributed by atoms with Crippen molar-refractivity contribution in [1.29, 1.82) is 0 Å². The van der Waals surface area contributed by atoms with Crippen molar-refractivity contribution in [2.24, 2.45) is 0 Å². The van der Waals surface area contributed by atoms with E-state index < -0.39 is 10.0 Å². The Kier molecular flexibility index (Phi) is 8.23. The summed E-state index contributed by atoms with van der Waals surface area (Å²) in [5, 5.41) is 5.57. The van der Waals surface area contributed by atoms with Gasteiger partial charge in [-0.05, 0) is 49.6 Å². The number of carbonyl (C=O) groups is 2. The van der Waals surface area contributed by atoms with Crippen LogP contribution < -0.4 is 10.6 Å². The predicted octanol–water partition coefficient (Wildman–Crippen LogP) is 2.35. The molecule has 8 nitrogen and oxygen atoms in total. The molecule has 9 heteroatoms. The molecule has 2 amide bonds. The minimum absolute atomic E-state index is 0.0410. The Morgan fingerprint density at radius 2 is 1.76 bits per heavy atom. The zero-order chi connectivity index (χ0) is 24.0. The SMILES string of the molecule is CC(=O)Nc1ccc(S(=O)(=O)N(C)CC(=O)NC2CCN(Cc3cccc(C)c3)CC2)cc1. The third kappa shape index (κ3) is 7.12. The number of anilines is 1. The van der Waals surface area contributed by atoms with Crippen molar-refractivity contribution in [3.8, 4) is 0 Å². The highest BCUT2D eigenvalue weighted by Crippen LogP contribution is 2.18. The fourth-order valence-corrected chi connectivity index (χ4v) is 5.09. The third-order valence-electron chi connectivity index (χ3n) is 5.69. The van der Waals surface area contributed by atoms with Gasteiger partial charge in [-0.3, -0.25) is 14.5 Å². The van der Waals surface area contributed by atoms with Gasteiger partial charge in [-0.15, -0.1) is 0 Å². The number of rotatable bonds is 8. The summed E-state index contributed by atoms with van der Waals surface area (Å²) in [6.07, 6.45) is 1.66. The van der Waals surface area contributed by atoms with E-state index in [-0.39, 0.29) is 29.3 Å². The molecule has 1 aliphatic rings. The number of sulfonamides is 1. The number of amides is 2. The van der Waals surface area contributed by atoms with Crippen molar-refractivity contribution in [3.63, 3.8) is 0 Å². The van der Waals surface area contributed by atoms with Crippen LogP contribution in [-0.2, 0) is 26.2 Å². The number of benzene rings is 2. The molecule has 0 bridgehead atoms. The molecule has 0 saturated carbocycles. The summed E-state index contributed by atoms with van der Waals surface area (Å²) in [5.74, 6) is -0.548. The molecule has 1 heterocycles. The Morgan fingerprint density at radius 3 is 2.36 bits per heavy atom. The number of nitrogens with zero attached hydrogens (tertiary/aromatic N) is 2. The van der Waals surface area contributed by atoms with Crippen LogP contribution in [0.1, 0.15) is 30.9 Å². The number of likely N-dealkylation sites (N-methyl/N-ethyl adjacent to an activating group) is 1. The van der Waals surface area contributed by atoms with Crippen LogP contribution in [0, 0.1) is 6.92 Å². The van der Waals surface area contributed by atoms with Crippen molar-refractivity contribution in [2.45, 2.75) is 44.2 Å². The monoisotopic (exact) mass is 472 g/mol. The quantitative estimate of drug-likeness (QED) is 0.615. The number of nitrogens with one attached hydrogen (secondary N) is 2. The summed E-state index contributed by atoms with van der Waals surface area (Å²) >= 11 is 0. The molecule has 33 heavy (non-hydrogen) atoms. The molecular weight excluding hydrogens is 440 g/mol. The molecule has 2 N–H and O–H groups in total. The normalized spacial score (nSPS) is 15.4. The number of likely N-dealkylation sites (tertiary alicyclic amines) is 1. The molecule has 3 rings (SSSR count). The van der Waals surface area contributed by atoms with Gasteiger partial charge >= 0.3 is 0 Å². The molecule has 2 aromatic rings. The molecule has 0 atom stereocenters. The van der Waals surface area contributed by atoms with Gasteiger partial charge < -0.3 is 10.6 Å². The van der Waals surface area contributed by atoms with E-state index in [1.54, 1.807) is 0 Å². The van der Waals surface area contributed by atoms with Gasteiger partial charge in [0.2, 0.25) is 21.8 Å². The zero-order valence-electron chi connectivity index (χ0n) is 19.4. The molecule has 1 aliphatic heterocycles. The Bertz CT molecular complexity index is 1080. The minimum Gasteiger partial charge on any atom is -0.352 e. The maximum atomic E-state index is 12.8. The van der Waals surface area contributed by atoms with Crippen LogP contribution in [0.4, 0.5) is 5.69 Å². The lowest BCUT2D eigenvalue weighted by Crippen LogP contribution is -2.47. The van der Waals surface area contributed by atoms with Gasteiger partial charge in [0, 0.05) is 45.3 Å². The van der Waals surface area contributed by atoms with Crippen LogP contribution in [0.5, 0.6) is 0 Å². The molecule has 1 fully saturated rings. The maximum Gasteiger partial charge on any atom is 0.243 e. The first-order valence-electron chi connectivity index (χ1n) is 11.0. The molecule has 1 saturated heterocycles. The number of hydrogen-bond acceptors (Lipinski definition) is 5. The number of piperidine rings is 1. The zero-order valence-corrected chi connectivity index (χ0v) is 20.2. The predicted molar refractivity (Wildman–Crippen MR) is 128 cm³/mol. The topological polar surface area (TPSA) is 98.8 Å². The Hall–Kier alpha value is -2.75. The summed E-state index contributed by atoms with van der Waals surface area (Å²) < 4.78 is 26.6. The lowest BCUT2D eigenvalue weighted by molar-refractivity contribution is -0.122. The minimum atomic E-state index is -3.82. The third-order valence-corrected chi connectivity index (χ3v) is 7.51. The van der Waals surface area contributed by atoms with Crippen LogP contribution in [0.3, 0.4) is 0 Å². The highest BCUT2D eigenvalue weighted by atomic mass is 32.2. The second-order valence-corrected chi connectivity index (χ2v) is 10.6. The second-order valence-electron chi connectivity index (χ2n) is 8.57. The first-order chi connectivity index (χ1) is 15.6. The summed E-state index contributed by atoms with van der Waals surface area (Å²) in [6, 6.07) is 14.4. The van der Waals surface area contributed by atoms with Crippen molar-refractivity contribution >= 4 is 27.5 Å². The van der Waals surface area contributed by atoms with E-state index in [9.17, 15) is 18.0 Å². The summed E-state index contributed by atoms with van der Waals surface area (Å²) in [5.41, 5.74) is 3.04. The van der Waals surface area contributed by atoms with Gasteiger partial charge in [0.05, 0.1) is 11.4 Å². The van der Waals surface area contributed by atoms with Gasteiger partial charge in [0.1, 0.15) is 0 Å². The van der Waals surface area contributed by atoms with E-state index in [4.69, 9.17) is 0 Å². The Balaban J connectivity index is 1.47. The molecule has 2 aromatic carbocycles. The maximum absolute atomic E-state index is 12.8. The number of hydrogen-bond donors (Lipinski definition) is 2. The highest BCUT2D eigenvalue weighted by molar-refractivity contribution is 7.89. The number of aryl methyl sites for hydroxylation is 1. The van der Waals surface area contributed by atoms with Gasteiger partial charge in [-0.25, -0.2) is 8.42 Å². The molecular formula is C24H32N4O4S. The van der Waals surface area contributed by atoms with Crippen molar-refractivity contribution in [2.75, 3.05) is 32.0 Å². The van der Waals surface area contributed by atoms with E-state index in [0.717, 1.165) is 36.8 Å². The van der Waals surface area contributed by atoms with Gasteiger partial charge in [0.15, 0.2) is 0 Å². The largest absolute Gasteiger partial charge is 0.352 e. The summed E-state index contributed by atoms with van der Waals surface area (Å²) in [6.45, 7) is 5.87. The molecule has 178 valence electrons. The van der Waals surface area contributed by atoms with Gasteiger partial charge in [0.25, 0.3) is 0 Å². The van der Waals surface area contributed by atoms with Gasteiger partial charge in [-0.2, -0.15) is 4.31 Å². The standard InChI is InChI=1S/C24H32N4O4S/c1-18-5-4-6-20(15-18)16-28-13-11-22(12-14-28)26-24(30)17-27(3)33(31,32)23-9-7-21(8-10-23)25-19(2)29/h4-10,15,22H,11-14,16-17H2,1-3H3,(H,25,29)(H,26,30). The Labute approximate surface area is 196 Å². The molecule has 0 aliphatic carbocycles. The van der Waals surface area contributed by atoms with Crippen LogP contribution in [0.25, 0.3) is 0 Å². The van der Waals surface area contributed by atoms with Crippen molar-refractivity contribution in [3.05, 3.63) is 59.7 Å². The van der Waals surface area contributed by atoms with E-state index in [1.807, 2.05) is 0 Å². The fourth-order valence-electron chi connectivity index (χ4n) is 3.96. The van der Waals surface area contributed by atoms with E-state index in [1.165, 1.54) is 49.4 Å². The average Bonchev–Trinajstić information content (AvgIpc) is 2.75. The fraction of sp³-hybridized carbons (Fsp3) is 0.417. The van der Waals surface area contributed by atoms with Crippen molar-refractivity contribution < 1.29 is 18.0 Å².